The Bertz CT molecular complexity index is 1800. The number of ether oxygens (including phenoxy) is 1. The number of carbonyl (C=O) groups excluding carboxylic acids is 1. The van der Waals surface area contributed by atoms with E-state index in [1.807, 2.05) is 71.3 Å². The van der Waals surface area contributed by atoms with Gasteiger partial charge in [0.25, 0.3) is 0 Å². The number of amides is 2. The van der Waals surface area contributed by atoms with Gasteiger partial charge in [0.1, 0.15) is 32.5 Å². The Morgan fingerprint density at radius 3 is 2.08 bits per heavy atom. The van der Waals surface area contributed by atoms with Crippen molar-refractivity contribution in [2.24, 2.45) is 10.9 Å². The molecule has 264 valence electrons. The molecule has 2 aliphatic heterocycles. The summed E-state index contributed by atoms with van der Waals surface area (Å²) in [6, 6.07) is 17.1. The largest absolute Gasteiger partial charge is 0.493 e. The minimum atomic E-state index is -3.01. The van der Waals surface area contributed by atoms with Crippen molar-refractivity contribution in [1.29, 1.82) is 0 Å². The van der Waals surface area contributed by atoms with Crippen molar-refractivity contribution in [3.05, 3.63) is 93.2 Å². The van der Waals surface area contributed by atoms with Gasteiger partial charge < -0.3 is 9.64 Å². The molecular weight excluding hydrogens is 679 g/mol. The summed E-state index contributed by atoms with van der Waals surface area (Å²) < 4.78 is 29.7. The van der Waals surface area contributed by atoms with Crippen LogP contribution < -0.4 is 4.74 Å². The van der Waals surface area contributed by atoms with E-state index in [2.05, 4.69) is 34.6 Å². The smallest absolute Gasteiger partial charge is 0.326 e. The van der Waals surface area contributed by atoms with Crippen LogP contribution in [0.1, 0.15) is 89.6 Å². The van der Waals surface area contributed by atoms with E-state index in [1.165, 1.54) is 6.26 Å². The number of pyridine rings is 1. The first kappa shape index (κ1) is 37.1. The molecule has 49 heavy (non-hydrogen) atoms. The lowest BCUT2D eigenvalue weighted by Crippen LogP contribution is -2.59. The minimum absolute atomic E-state index is 0.161. The third-order valence-electron chi connectivity index (χ3n) is 10.1. The second-order valence-electron chi connectivity index (χ2n) is 14.7. The number of aromatic nitrogens is 1. The summed E-state index contributed by atoms with van der Waals surface area (Å²) in [6.45, 7) is 13.9. The average molecular weight is 728 g/mol. The number of likely N-dealkylation sites (tertiary alicyclic amines) is 1. The minimum Gasteiger partial charge on any atom is -0.493 e. The van der Waals surface area contributed by atoms with Crippen LogP contribution in [0.4, 0.5) is 4.79 Å². The molecule has 0 aliphatic carbocycles. The number of rotatable bonds is 9. The maximum absolute atomic E-state index is 15.1. The zero-order valence-electron chi connectivity index (χ0n) is 29.6. The van der Waals surface area contributed by atoms with Gasteiger partial charge in [-0.15, -0.1) is 0 Å². The van der Waals surface area contributed by atoms with E-state index in [0.29, 0.717) is 59.2 Å². The van der Waals surface area contributed by atoms with Gasteiger partial charge in [-0.3, -0.25) is 14.9 Å². The number of carbonyl (C=O) groups is 1. The summed E-state index contributed by atoms with van der Waals surface area (Å²) in [5.41, 5.74) is 1.06. The van der Waals surface area contributed by atoms with E-state index in [-0.39, 0.29) is 17.2 Å². The summed E-state index contributed by atoms with van der Waals surface area (Å²) >= 11 is 12.8. The first-order valence-electron chi connectivity index (χ1n) is 17.0. The molecule has 2 amide bonds. The van der Waals surface area contributed by atoms with Gasteiger partial charge in [0, 0.05) is 58.5 Å². The molecule has 0 bridgehead atoms. The number of aliphatic imine (C=N–C) groups is 1. The Morgan fingerprint density at radius 1 is 0.980 bits per heavy atom. The van der Waals surface area contributed by atoms with Crippen molar-refractivity contribution >= 4 is 44.9 Å². The average Bonchev–Trinajstić information content (AvgIpc) is 3.28. The number of piperidine rings is 1. The molecule has 0 radical (unpaired) electrons. The maximum Gasteiger partial charge on any atom is 0.326 e. The fourth-order valence-corrected chi connectivity index (χ4v) is 7.99. The fourth-order valence-electron chi connectivity index (χ4n) is 7.05. The molecule has 0 unspecified atom stereocenters. The quantitative estimate of drug-likeness (QED) is 0.220. The summed E-state index contributed by atoms with van der Waals surface area (Å²) in [6.07, 6.45) is 6.12. The van der Waals surface area contributed by atoms with E-state index in [9.17, 15) is 8.42 Å². The van der Waals surface area contributed by atoms with E-state index < -0.39 is 20.9 Å². The number of benzene rings is 2. The van der Waals surface area contributed by atoms with Gasteiger partial charge in [-0.25, -0.2) is 13.2 Å². The maximum atomic E-state index is 15.1. The molecular formula is C38H48Cl2N4O4S. The molecule has 2 atom stereocenters. The highest BCUT2D eigenvalue weighted by atomic mass is 35.5. The molecule has 0 saturated carbocycles. The van der Waals surface area contributed by atoms with E-state index >= 15 is 4.79 Å². The fraction of sp³-hybridized carbons (Fsp3) is 0.500. The van der Waals surface area contributed by atoms with Crippen LogP contribution in [0.25, 0.3) is 0 Å². The molecule has 0 N–H and O–H groups in total. The number of halogens is 2. The molecule has 1 aromatic heterocycles. The van der Waals surface area contributed by atoms with Gasteiger partial charge in [-0.1, -0.05) is 68.2 Å². The summed E-state index contributed by atoms with van der Waals surface area (Å²) in [7, 11) is -3.01. The monoisotopic (exact) mass is 726 g/mol. The highest BCUT2D eigenvalue weighted by Gasteiger charge is 2.60. The Balaban J connectivity index is 1.65. The SMILES string of the molecule is CCOc1cc(C(C)(C)C)ncc1C1=N[C@@](C)(c2ccc(Cl)cc2)[C@@](C)(c2ccc(Cl)cc2)N1C(=O)N1CCC(CCCS(C)(=O)=O)CC1. The zero-order valence-corrected chi connectivity index (χ0v) is 31.9. The number of sulfone groups is 1. The second kappa shape index (κ2) is 14.2. The van der Waals surface area contributed by atoms with Crippen LogP contribution in [0, 0.1) is 5.92 Å². The van der Waals surface area contributed by atoms with Crippen molar-refractivity contribution in [3.8, 4) is 5.75 Å². The molecule has 1 fully saturated rings. The first-order chi connectivity index (χ1) is 23.0. The summed E-state index contributed by atoms with van der Waals surface area (Å²) in [4.78, 5) is 29.3. The first-order valence-corrected chi connectivity index (χ1v) is 19.8. The Morgan fingerprint density at radius 2 is 1.55 bits per heavy atom. The van der Waals surface area contributed by atoms with E-state index in [4.69, 9.17) is 37.9 Å². The van der Waals surface area contributed by atoms with Crippen LogP contribution >= 0.6 is 23.2 Å². The van der Waals surface area contributed by atoms with Crippen LogP contribution in [0.5, 0.6) is 5.75 Å². The van der Waals surface area contributed by atoms with Crippen molar-refractivity contribution in [2.45, 2.75) is 83.7 Å². The lowest BCUT2D eigenvalue weighted by atomic mass is 9.71. The predicted molar refractivity (Wildman–Crippen MR) is 199 cm³/mol. The number of urea groups is 1. The van der Waals surface area contributed by atoms with Crippen molar-refractivity contribution in [1.82, 2.24) is 14.8 Å². The van der Waals surface area contributed by atoms with Gasteiger partial charge >= 0.3 is 6.03 Å². The molecule has 2 aromatic carbocycles. The number of hydrogen-bond acceptors (Lipinski definition) is 6. The normalized spacial score (nSPS) is 21.9. The standard InChI is InChI=1S/C38H48Cl2N4O4S/c1-8-48-32-24-33(36(2,3)4)41-25-31(32)34-42-37(5,27-11-15-29(39)16-12-27)38(6,28-13-17-30(40)18-14-28)44(34)35(45)43-21-19-26(20-22-43)10-9-23-49(7,46)47/h11-18,24-26H,8-10,19-23H2,1-7H3/t37-,38+/m0/s1. The number of nitrogens with zero attached hydrogens (tertiary/aromatic N) is 4. The Hall–Kier alpha value is -3.14. The third-order valence-corrected chi connectivity index (χ3v) is 11.7. The van der Waals surface area contributed by atoms with Crippen LogP contribution in [-0.4, -0.2) is 66.8 Å². The predicted octanol–water partition coefficient (Wildman–Crippen LogP) is 8.63. The van der Waals surface area contributed by atoms with E-state index in [1.54, 1.807) is 6.20 Å². The van der Waals surface area contributed by atoms with Crippen LogP contribution in [0.3, 0.4) is 0 Å². The van der Waals surface area contributed by atoms with Crippen LogP contribution in [0.2, 0.25) is 10.0 Å². The van der Waals surface area contributed by atoms with Crippen LogP contribution in [0.15, 0.2) is 65.8 Å². The molecule has 0 spiro atoms. The molecule has 3 heterocycles. The highest BCUT2D eigenvalue weighted by Crippen LogP contribution is 2.54. The molecule has 5 rings (SSSR count). The number of hydrogen-bond donors (Lipinski definition) is 0. The molecule has 2 aliphatic rings. The topological polar surface area (TPSA) is 92.2 Å². The Kier molecular flexibility index (Phi) is 10.8. The molecule has 1 saturated heterocycles. The van der Waals surface area contributed by atoms with Crippen molar-refractivity contribution < 1.29 is 17.9 Å². The van der Waals surface area contributed by atoms with E-state index in [0.717, 1.165) is 36.1 Å². The lowest BCUT2D eigenvalue weighted by molar-refractivity contribution is 0.0959. The summed E-state index contributed by atoms with van der Waals surface area (Å²) in [5, 5.41) is 1.20. The second-order valence-corrected chi connectivity index (χ2v) is 17.8. The van der Waals surface area contributed by atoms with Gasteiger partial charge in [0.15, 0.2) is 0 Å². The van der Waals surface area contributed by atoms with Gasteiger partial charge in [-0.2, -0.15) is 0 Å². The summed E-state index contributed by atoms with van der Waals surface area (Å²) in [5.74, 6) is 1.64. The van der Waals surface area contributed by atoms with Gasteiger partial charge in [-0.05, 0) is 87.8 Å². The molecule has 3 aromatic rings. The Labute approximate surface area is 301 Å². The van der Waals surface area contributed by atoms with Gasteiger partial charge in [0.2, 0.25) is 0 Å². The third kappa shape index (κ3) is 7.64. The van der Waals surface area contributed by atoms with Crippen molar-refractivity contribution in [2.75, 3.05) is 31.7 Å². The lowest BCUT2D eigenvalue weighted by Gasteiger charge is -2.47. The molecule has 8 nitrogen and oxygen atoms in total. The molecule has 11 heteroatoms. The zero-order chi connectivity index (χ0) is 35.8. The highest BCUT2D eigenvalue weighted by molar-refractivity contribution is 7.90. The number of amidine groups is 1. The van der Waals surface area contributed by atoms with Crippen LogP contribution in [-0.2, 0) is 26.3 Å². The van der Waals surface area contributed by atoms with Crippen molar-refractivity contribution in [3.63, 3.8) is 0 Å². The van der Waals surface area contributed by atoms with Gasteiger partial charge in [0.05, 0.1) is 12.2 Å².